The van der Waals surface area contributed by atoms with Crippen LogP contribution in [-0.4, -0.2) is 22.2 Å². The summed E-state index contributed by atoms with van der Waals surface area (Å²) in [5, 5.41) is 7.50. The molecule has 2 aromatic rings. The first kappa shape index (κ1) is 14.8. The molecule has 4 heteroatoms. The van der Waals surface area contributed by atoms with E-state index in [1.54, 1.807) is 0 Å². The van der Waals surface area contributed by atoms with E-state index < -0.39 is 0 Å². The smallest absolute Gasteiger partial charge is 0.272 e. The minimum Gasteiger partial charge on any atom is -0.351 e. The zero-order valence-corrected chi connectivity index (χ0v) is 13.5. The molecule has 1 aromatic heterocycles. The molecule has 0 aliphatic heterocycles. The highest BCUT2D eigenvalue weighted by Crippen LogP contribution is 2.34. The second kappa shape index (κ2) is 5.95. The maximum atomic E-state index is 12.4. The summed E-state index contributed by atoms with van der Waals surface area (Å²) in [5.74, 6) is 0.543. The van der Waals surface area contributed by atoms with Gasteiger partial charge in [0.25, 0.3) is 5.91 Å². The summed E-state index contributed by atoms with van der Waals surface area (Å²) in [7, 11) is 1.92. The molecule has 1 aromatic carbocycles. The van der Waals surface area contributed by atoms with Gasteiger partial charge in [-0.1, -0.05) is 38.1 Å². The fourth-order valence-corrected chi connectivity index (χ4v) is 3.11. The Bertz CT molecular complexity index is 700. The lowest BCUT2D eigenvalue weighted by Crippen LogP contribution is -2.27. The standard InChI is InChI=1S/C18H23N3O/c1-12(2)10-11-19-18(22)16-15-9-8-13-6-4-5-7-14(13)17(15)21(3)20-16/h4-7,12H,8-11H2,1-3H3,(H,19,22). The predicted octanol–water partition coefficient (Wildman–Crippen LogP) is 2.96. The third-order valence-electron chi connectivity index (χ3n) is 4.28. The number of aromatic nitrogens is 2. The van der Waals surface area contributed by atoms with Gasteiger partial charge in [-0.15, -0.1) is 0 Å². The van der Waals surface area contributed by atoms with Gasteiger partial charge in [0.05, 0.1) is 5.69 Å². The average Bonchev–Trinajstić information content (AvgIpc) is 2.84. The summed E-state index contributed by atoms with van der Waals surface area (Å²) in [4.78, 5) is 12.4. The molecule has 1 aliphatic rings. The molecule has 116 valence electrons. The SMILES string of the molecule is CC(C)CCNC(=O)c1nn(C)c2c1CCc1ccccc1-2. The molecule has 3 rings (SSSR count). The fraction of sp³-hybridized carbons (Fsp3) is 0.444. The Labute approximate surface area is 131 Å². The molecule has 1 N–H and O–H groups in total. The molecule has 0 atom stereocenters. The van der Waals surface area contributed by atoms with Gasteiger partial charge in [0.1, 0.15) is 0 Å². The number of rotatable bonds is 4. The molecule has 0 fully saturated rings. The van der Waals surface area contributed by atoms with Gasteiger partial charge >= 0.3 is 0 Å². The fourth-order valence-electron chi connectivity index (χ4n) is 3.11. The van der Waals surface area contributed by atoms with Crippen LogP contribution in [0.3, 0.4) is 0 Å². The van der Waals surface area contributed by atoms with Crippen molar-refractivity contribution in [2.24, 2.45) is 13.0 Å². The second-order valence-electron chi connectivity index (χ2n) is 6.39. The Morgan fingerprint density at radius 2 is 2.09 bits per heavy atom. The topological polar surface area (TPSA) is 46.9 Å². The van der Waals surface area contributed by atoms with Crippen molar-refractivity contribution >= 4 is 5.91 Å². The van der Waals surface area contributed by atoms with E-state index in [4.69, 9.17) is 0 Å². The van der Waals surface area contributed by atoms with E-state index in [0.717, 1.165) is 30.5 Å². The molecule has 4 nitrogen and oxygen atoms in total. The second-order valence-corrected chi connectivity index (χ2v) is 6.39. The molecule has 0 radical (unpaired) electrons. The molecule has 0 unspecified atom stereocenters. The van der Waals surface area contributed by atoms with Gasteiger partial charge in [0, 0.05) is 24.7 Å². The van der Waals surface area contributed by atoms with E-state index in [-0.39, 0.29) is 5.91 Å². The maximum absolute atomic E-state index is 12.4. The third kappa shape index (κ3) is 2.65. The normalized spacial score (nSPS) is 12.9. The number of carbonyl (C=O) groups excluding carboxylic acids is 1. The highest BCUT2D eigenvalue weighted by atomic mass is 16.1. The Balaban J connectivity index is 1.89. The van der Waals surface area contributed by atoms with Crippen LogP contribution in [0.25, 0.3) is 11.3 Å². The molecule has 1 amide bonds. The summed E-state index contributed by atoms with van der Waals surface area (Å²) in [6, 6.07) is 8.39. The molecule has 1 aliphatic carbocycles. The summed E-state index contributed by atoms with van der Waals surface area (Å²) >= 11 is 0. The van der Waals surface area contributed by atoms with E-state index in [9.17, 15) is 4.79 Å². The number of fused-ring (bicyclic) bond motifs is 3. The van der Waals surface area contributed by atoms with E-state index in [0.29, 0.717) is 18.2 Å². The van der Waals surface area contributed by atoms with Crippen molar-refractivity contribution in [3.8, 4) is 11.3 Å². The molecule has 0 spiro atoms. The number of amides is 1. The summed E-state index contributed by atoms with van der Waals surface area (Å²) in [5.41, 5.74) is 5.32. The zero-order valence-electron chi connectivity index (χ0n) is 13.5. The summed E-state index contributed by atoms with van der Waals surface area (Å²) in [6.45, 7) is 5.02. The van der Waals surface area contributed by atoms with Gasteiger partial charge in [-0.2, -0.15) is 5.10 Å². The van der Waals surface area contributed by atoms with Crippen molar-refractivity contribution in [1.29, 1.82) is 0 Å². The number of carbonyl (C=O) groups is 1. The molecular weight excluding hydrogens is 274 g/mol. The van der Waals surface area contributed by atoms with Gasteiger partial charge in [0.15, 0.2) is 5.69 Å². The van der Waals surface area contributed by atoms with Crippen molar-refractivity contribution in [2.75, 3.05) is 6.54 Å². The van der Waals surface area contributed by atoms with Crippen LogP contribution >= 0.6 is 0 Å². The largest absolute Gasteiger partial charge is 0.351 e. The zero-order chi connectivity index (χ0) is 15.7. The highest BCUT2D eigenvalue weighted by Gasteiger charge is 2.26. The van der Waals surface area contributed by atoms with Crippen molar-refractivity contribution in [3.05, 3.63) is 41.1 Å². The minimum absolute atomic E-state index is 0.0446. The number of aryl methyl sites for hydroxylation is 2. The molecular formula is C18H23N3O. The molecule has 0 saturated heterocycles. The molecule has 1 heterocycles. The van der Waals surface area contributed by atoms with Crippen LogP contribution in [0.5, 0.6) is 0 Å². The highest BCUT2D eigenvalue weighted by molar-refractivity contribution is 5.96. The van der Waals surface area contributed by atoms with Crippen molar-refractivity contribution in [3.63, 3.8) is 0 Å². The van der Waals surface area contributed by atoms with Crippen LogP contribution in [0.1, 0.15) is 41.9 Å². The lowest BCUT2D eigenvalue weighted by atomic mass is 9.89. The van der Waals surface area contributed by atoms with Gasteiger partial charge in [-0.25, -0.2) is 0 Å². The lowest BCUT2D eigenvalue weighted by Gasteiger charge is -2.17. The van der Waals surface area contributed by atoms with Crippen LogP contribution in [0.4, 0.5) is 0 Å². The van der Waals surface area contributed by atoms with Crippen molar-refractivity contribution in [1.82, 2.24) is 15.1 Å². The Morgan fingerprint density at radius 3 is 2.86 bits per heavy atom. The Hall–Kier alpha value is -2.10. The van der Waals surface area contributed by atoms with E-state index in [1.165, 1.54) is 11.1 Å². The minimum atomic E-state index is -0.0446. The van der Waals surface area contributed by atoms with Crippen LogP contribution in [0, 0.1) is 5.92 Å². The lowest BCUT2D eigenvalue weighted by molar-refractivity contribution is 0.0945. The Morgan fingerprint density at radius 1 is 1.32 bits per heavy atom. The number of hydrogen-bond donors (Lipinski definition) is 1. The van der Waals surface area contributed by atoms with Crippen LogP contribution in [0.15, 0.2) is 24.3 Å². The average molecular weight is 297 g/mol. The van der Waals surface area contributed by atoms with E-state index >= 15 is 0 Å². The number of nitrogens with zero attached hydrogens (tertiary/aromatic N) is 2. The first-order valence-electron chi connectivity index (χ1n) is 8.00. The van der Waals surface area contributed by atoms with Crippen molar-refractivity contribution in [2.45, 2.75) is 33.1 Å². The summed E-state index contributed by atoms with van der Waals surface area (Å²) < 4.78 is 1.85. The van der Waals surface area contributed by atoms with Gasteiger partial charge < -0.3 is 5.32 Å². The van der Waals surface area contributed by atoms with Gasteiger partial charge in [0.2, 0.25) is 0 Å². The van der Waals surface area contributed by atoms with Gasteiger partial charge in [-0.05, 0) is 30.7 Å². The van der Waals surface area contributed by atoms with E-state index in [1.807, 2.05) is 17.8 Å². The first-order valence-corrected chi connectivity index (χ1v) is 8.00. The summed E-state index contributed by atoms with van der Waals surface area (Å²) in [6.07, 6.45) is 2.85. The molecule has 0 bridgehead atoms. The molecule has 0 saturated carbocycles. The predicted molar refractivity (Wildman–Crippen MR) is 87.8 cm³/mol. The number of nitrogens with one attached hydrogen (secondary N) is 1. The quantitative estimate of drug-likeness (QED) is 0.943. The van der Waals surface area contributed by atoms with Crippen LogP contribution in [0.2, 0.25) is 0 Å². The van der Waals surface area contributed by atoms with Crippen LogP contribution in [-0.2, 0) is 19.9 Å². The third-order valence-corrected chi connectivity index (χ3v) is 4.28. The van der Waals surface area contributed by atoms with E-state index in [2.05, 4.69) is 42.5 Å². The maximum Gasteiger partial charge on any atom is 0.272 e. The monoisotopic (exact) mass is 297 g/mol. The van der Waals surface area contributed by atoms with Gasteiger partial charge in [-0.3, -0.25) is 9.48 Å². The molecule has 22 heavy (non-hydrogen) atoms. The van der Waals surface area contributed by atoms with Crippen LogP contribution < -0.4 is 5.32 Å². The number of benzene rings is 1. The van der Waals surface area contributed by atoms with Crippen molar-refractivity contribution < 1.29 is 4.79 Å². The first-order chi connectivity index (χ1) is 10.6. The number of hydrogen-bond acceptors (Lipinski definition) is 2. The Kier molecular flexibility index (Phi) is 4.01.